The zero-order valence-corrected chi connectivity index (χ0v) is 13.1. The Hall–Kier alpha value is -1.11. The van der Waals surface area contributed by atoms with E-state index in [9.17, 15) is 4.79 Å². The summed E-state index contributed by atoms with van der Waals surface area (Å²) in [5.74, 6) is 0.170. The molecule has 1 saturated heterocycles. The number of carbonyl (C=O) groups excluding carboxylic acids is 1. The lowest BCUT2D eigenvalue weighted by Crippen LogP contribution is -2.49. The molecule has 0 radical (unpaired) electrons. The van der Waals surface area contributed by atoms with Crippen molar-refractivity contribution >= 4 is 17.5 Å². The van der Waals surface area contributed by atoms with Crippen molar-refractivity contribution in [1.29, 1.82) is 0 Å². The van der Waals surface area contributed by atoms with Crippen molar-refractivity contribution in [2.45, 2.75) is 13.5 Å². The maximum absolute atomic E-state index is 12.2. The molecule has 0 bridgehead atoms. The van der Waals surface area contributed by atoms with Gasteiger partial charge in [0.25, 0.3) is 0 Å². The minimum Gasteiger partial charge on any atom is -0.339 e. The zero-order valence-electron chi connectivity index (χ0n) is 12.3. The van der Waals surface area contributed by atoms with Crippen molar-refractivity contribution in [3.8, 4) is 0 Å². The van der Waals surface area contributed by atoms with E-state index in [-0.39, 0.29) is 5.91 Å². The number of rotatable bonds is 4. The van der Waals surface area contributed by atoms with Gasteiger partial charge >= 0.3 is 0 Å². The Kier molecular flexibility index (Phi) is 5.01. The van der Waals surface area contributed by atoms with Gasteiger partial charge in [0.1, 0.15) is 0 Å². The van der Waals surface area contributed by atoms with E-state index in [1.807, 2.05) is 30.8 Å². The molecule has 1 aliphatic rings. The Labute approximate surface area is 124 Å². The maximum atomic E-state index is 12.2. The van der Waals surface area contributed by atoms with Gasteiger partial charge in [-0.25, -0.2) is 0 Å². The summed E-state index contributed by atoms with van der Waals surface area (Å²) in [4.78, 5) is 16.1. The van der Waals surface area contributed by atoms with E-state index in [2.05, 4.69) is 10.4 Å². The number of amides is 1. The molecule has 1 N–H and O–H groups in total. The SMILES string of the molecule is Cc1nn(C)c(CN(C)CC(=O)N2CCNCC2)c1Cl. The number of halogens is 1. The fourth-order valence-corrected chi connectivity index (χ4v) is 2.63. The summed E-state index contributed by atoms with van der Waals surface area (Å²) in [6.45, 7) is 6.24. The molecule has 1 fully saturated rings. The summed E-state index contributed by atoms with van der Waals surface area (Å²) in [6, 6.07) is 0. The molecule has 1 aromatic rings. The number of nitrogens with zero attached hydrogens (tertiary/aromatic N) is 4. The summed E-state index contributed by atoms with van der Waals surface area (Å²) in [6.07, 6.45) is 0. The summed E-state index contributed by atoms with van der Waals surface area (Å²) in [5, 5.41) is 8.22. The Balaban J connectivity index is 1.91. The second-order valence-electron chi connectivity index (χ2n) is 5.27. The average molecular weight is 300 g/mol. The zero-order chi connectivity index (χ0) is 14.7. The first kappa shape index (κ1) is 15.3. The molecular weight excluding hydrogens is 278 g/mol. The van der Waals surface area contributed by atoms with E-state index >= 15 is 0 Å². The molecule has 0 aromatic carbocycles. The number of hydrogen-bond acceptors (Lipinski definition) is 4. The predicted octanol–water partition coefficient (Wildman–Crippen LogP) is 0.246. The van der Waals surface area contributed by atoms with Gasteiger partial charge in [0.05, 0.1) is 23.0 Å². The largest absolute Gasteiger partial charge is 0.339 e. The lowest BCUT2D eigenvalue weighted by atomic mass is 10.3. The Morgan fingerprint density at radius 3 is 2.65 bits per heavy atom. The van der Waals surface area contributed by atoms with Crippen LogP contribution in [0.25, 0.3) is 0 Å². The summed E-state index contributed by atoms with van der Waals surface area (Å²) >= 11 is 6.23. The van der Waals surface area contributed by atoms with Gasteiger partial charge in [-0.05, 0) is 14.0 Å². The maximum Gasteiger partial charge on any atom is 0.236 e. The molecule has 1 aliphatic heterocycles. The minimum absolute atomic E-state index is 0.170. The first-order valence-electron chi connectivity index (χ1n) is 6.84. The van der Waals surface area contributed by atoms with E-state index in [0.717, 1.165) is 37.6 Å². The van der Waals surface area contributed by atoms with E-state index < -0.39 is 0 Å². The Bertz CT molecular complexity index is 481. The van der Waals surface area contributed by atoms with Gasteiger partial charge in [0.15, 0.2) is 0 Å². The molecule has 112 valence electrons. The summed E-state index contributed by atoms with van der Waals surface area (Å²) < 4.78 is 1.78. The molecular formula is C13H22ClN5O. The van der Waals surface area contributed by atoms with E-state index in [1.165, 1.54) is 0 Å². The number of hydrogen-bond donors (Lipinski definition) is 1. The first-order valence-corrected chi connectivity index (χ1v) is 7.22. The number of piperazine rings is 1. The van der Waals surface area contributed by atoms with E-state index in [1.54, 1.807) is 4.68 Å². The summed E-state index contributed by atoms with van der Waals surface area (Å²) in [5.41, 5.74) is 1.77. The third-order valence-electron chi connectivity index (χ3n) is 3.56. The number of aromatic nitrogens is 2. The van der Waals surface area contributed by atoms with Crippen LogP contribution in [0.2, 0.25) is 5.02 Å². The fraction of sp³-hybridized carbons (Fsp3) is 0.692. The highest BCUT2D eigenvalue weighted by Crippen LogP contribution is 2.20. The van der Waals surface area contributed by atoms with Crippen LogP contribution < -0.4 is 5.32 Å². The molecule has 2 heterocycles. The highest BCUT2D eigenvalue weighted by Gasteiger charge is 2.19. The lowest BCUT2D eigenvalue weighted by Gasteiger charge is -2.29. The first-order chi connectivity index (χ1) is 9.49. The standard InChI is InChI=1S/C13H22ClN5O/c1-10-13(14)11(18(3)16-10)8-17(2)9-12(20)19-6-4-15-5-7-19/h15H,4-9H2,1-3H3. The molecule has 1 amide bonds. The van der Waals surface area contributed by atoms with Crippen molar-refractivity contribution in [2.75, 3.05) is 39.8 Å². The van der Waals surface area contributed by atoms with Gasteiger partial charge in [0.2, 0.25) is 5.91 Å². The van der Waals surface area contributed by atoms with E-state index in [4.69, 9.17) is 11.6 Å². The molecule has 1 aromatic heterocycles. The Morgan fingerprint density at radius 2 is 2.10 bits per heavy atom. The highest BCUT2D eigenvalue weighted by atomic mass is 35.5. The van der Waals surface area contributed by atoms with Crippen LogP contribution in [-0.4, -0.2) is 65.3 Å². The average Bonchev–Trinajstić information content (AvgIpc) is 2.66. The molecule has 2 rings (SSSR count). The lowest BCUT2D eigenvalue weighted by molar-refractivity contribution is -0.132. The van der Waals surface area contributed by atoms with Gasteiger partial charge < -0.3 is 10.2 Å². The second kappa shape index (κ2) is 6.56. The smallest absolute Gasteiger partial charge is 0.236 e. The monoisotopic (exact) mass is 299 g/mol. The van der Waals surface area contributed by atoms with Gasteiger partial charge in [-0.3, -0.25) is 14.4 Å². The number of nitrogens with one attached hydrogen (secondary N) is 1. The van der Waals surface area contributed by atoms with E-state index in [0.29, 0.717) is 18.1 Å². The number of carbonyl (C=O) groups is 1. The molecule has 0 saturated carbocycles. The molecule has 7 heteroatoms. The van der Waals surface area contributed by atoms with Crippen LogP contribution in [0, 0.1) is 6.92 Å². The van der Waals surface area contributed by atoms with Gasteiger partial charge in [-0.2, -0.15) is 5.10 Å². The van der Waals surface area contributed by atoms with Crippen LogP contribution in [-0.2, 0) is 18.4 Å². The third kappa shape index (κ3) is 3.50. The van der Waals surface area contributed by atoms with Crippen molar-refractivity contribution in [3.63, 3.8) is 0 Å². The van der Waals surface area contributed by atoms with Crippen molar-refractivity contribution in [2.24, 2.45) is 7.05 Å². The van der Waals surface area contributed by atoms with Crippen LogP contribution in [0.15, 0.2) is 0 Å². The topological polar surface area (TPSA) is 53.4 Å². The molecule has 0 aliphatic carbocycles. The predicted molar refractivity (Wildman–Crippen MR) is 78.7 cm³/mol. The second-order valence-corrected chi connectivity index (χ2v) is 5.65. The van der Waals surface area contributed by atoms with Crippen LogP contribution >= 0.6 is 11.6 Å². The van der Waals surface area contributed by atoms with Gasteiger partial charge in [-0.15, -0.1) is 0 Å². The number of aryl methyl sites for hydroxylation is 2. The highest BCUT2D eigenvalue weighted by molar-refractivity contribution is 6.31. The molecule has 0 spiro atoms. The summed E-state index contributed by atoms with van der Waals surface area (Å²) in [7, 11) is 3.80. The van der Waals surface area contributed by atoms with Crippen LogP contribution in [0.5, 0.6) is 0 Å². The fourth-order valence-electron chi connectivity index (χ4n) is 2.41. The molecule has 6 nitrogen and oxygen atoms in total. The Morgan fingerprint density at radius 1 is 1.45 bits per heavy atom. The molecule has 20 heavy (non-hydrogen) atoms. The normalized spacial score (nSPS) is 15.9. The van der Waals surface area contributed by atoms with Crippen molar-refractivity contribution < 1.29 is 4.79 Å². The van der Waals surface area contributed by atoms with Crippen LogP contribution in [0.1, 0.15) is 11.4 Å². The van der Waals surface area contributed by atoms with Crippen LogP contribution in [0.4, 0.5) is 0 Å². The molecule has 0 unspecified atom stereocenters. The molecule has 0 atom stereocenters. The number of likely N-dealkylation sites (N-methyl/N-ethyl adjacent to an activating group) is 1. The van der Waals surface area contributed by atoms with Crippen LogP contribution in [0.3, 0.4) is 0 Å². The van der Waals surface area contributed by atoms with Gasteiger partial charge in [0, 0.05) is 39.8 Å². The van der Waals surface area contributed by atoms with Crippen molar-refractivity contribution in [1.82, 2.24) is 24.9 Å². The van der Waals surface area contributed by atoms with Gasteiger partial charge in [-0.1, -0.05) is 11.6 Å². The quantitative estimate of drug-likeness (QED) is 0.866. The third-order valence-corrected chi connectivity index (χ3v) is 4.05. The van der Waals surface area contributed by atoms with Crippen molar-refractivity contribution in [3.05, 3.63) is 16.4 Å². The minimum atomic E-state index is 0.170.